The lowest BCUT2D eigenvalue weighted by atomic mass is 10.1. The third-order valence-corrected chi connectivity index (χ3v) is 4.13. The van der Waals surface area contributed by atoms with Gasteiger partial charge in [-0.2, -0.15) is 0 Å². The summed E-state index contributed by atoms with van der Waals surface area (Å²) in [4.78, 5) is 24.6. The zero-order valence-electron chi connectivity index (χ0n) is 14.7. The van der Waals surface area contributed by atoms with E-state index in [1.54, 1.807) is 24.3 Å². The number of hydrogen-bond donors (Lipinski definition) is 2. The fourth-order valence-electron chi connectivity index (χ4n) is 2.58. The van der Waals surface area contributed by atoms with E-state index < -0.39 is 0 Å². The second kappa shape index (κ2) is 7.25. The summed E-state index contributed by atoms with van der Waals surface area (Å²) in [7, 11) is 0. The van der Waals surface area contributed by atoms with E-state index in [9.17, 15) is 9.59 Å². The molecule has 2 N–H and O–H groups in total. The number of carbonyl (C=O) groups excluding carboxylic acids is 2. The molecule has 0 atom stereocenters. The van der Waals surface area contributed by atoms with E-state index in [4.69, 9.17) is 21.1 Å². The molecule has 0 spiro atoms. The van der Waals surface area contributed by atoms with Gasteiger partial charge in [-0.05, 0) is 56.7 Å². The van der Waals surface area contributed by atoms with Crippen molar-refractivity contribution in [2.75, 3.05) is 12.1 Å². The normalized spacial score (nSPS) is 12.2. The van der Waals surface area contributed by atoms with Gasteiger partial charge < -0.3 is 20.1 Å². The lowest BCUT2D eigenvalue weighted by molar-refractivity contribution is 0.0942. The minimum absolute atomic E-state index is 0.0536. The Labute approximate surface area is 156 Å². The van der Waals surface area contributed by atoms with Gasteiger partial charge in [-0.3, -0.25) is 9.59 Å². The zero-order chi connectivity index (χ0) is 18.8. The molecule has 0 saturated carbocycles. The van der Waals surface area contributed by atoms with Crippen LogP contribution in [-0.2, 0) is 0 Å². The first-order chi connectivity index (χ1) is 12.3. The van der Waals surface area contributed by atoms with Crippen molar-refractivity contribution in [3.63, 3.8) is 0 Å². The van der Waals surface area contributed by atoms with Crippen LogP contribution in [0.15, 0.2) is 30.3 Å². The molecule has 0 aliphatic carbocycles. The quantitative estimate of drug-likeness (QED) is 0.854. The predicted molar refractivity (Wildman–Crippen MR) is 99.3 cm³/mol. The van der Waals surface area contributed by atoms with Gasteiger partial charge in [0.25, 0.3) is 11.8 Å². The summed E-state index contributed by atoms with van der Waals surface area (Å²) in [6.07, 6.45) is 0. The number of fused-ring (bicyclic) bond motifs is 1. The molecule has 1 aliphatic heterocycles. The SMILES string of the molecule is Cc1cc(C(=O)NC(C)C)ccc1NC(=O)c1cc(Cl)c2c(c1)OCO2. The number of hydrogen-bond acceptors (Lipinski definition) is 4. The number of rotatable bonds is 4. The fraction of sp³-hybridized carbons (Fsp3) is 0.263. The highest BCUT2D eigenvalue weighted by Crippen LogP contribution is 2.39. The van der Waals surface area contributed by atoms with E-state index in [2.05, 4.69) is 10.6 Å². The van der Waals surface area contributed by atoms with Crippen LogP contribution < -0.4 is 20.1 Å². The Hall–Kier alpha value is -2.73. The highest BCUT2D eigenvalue weighted by molar-refractivity contribution is 6.32. The molecular formula is C19H19ClN2O4. The van der Waals surface area contributed by atoms with Crippen LogP contribution >= 0.6 is 11.6 Å². The van der Waals surface area contributed by atoms with Crippen LogP contribution in [0.25, 0.3) is 0 Å². The maximum absolute atomic E-state index is 12.5. The molecule has 6 nitrogen and oxygen atoms in total. The summed E-state index contributed by atoms with van der Waals surface area (Å²) in [6.45, 7) is 5.71. The van der Waals surface area contributed by atoms with Gasteiger partial charge in [-0.1, -0.05) is 11.6 Å². The zero-order valence-corrected chi connectivity index (χ0v) is 15.4. The number of nitrogens with one attached hydrogen (secondary N) is 2. The molecule has 0 radical (unpaired) electrons. The smallest absolute Gasteiger partial charge is 0.255 e. The number of aryl methyl sites for hydroxylation is 1. The lowest BCUT2D eigenvalue weighted by Gasteiger charge is -2.12. The maximum atomic E-state index is 12.5. The van der Waals surface area contributed by atoms with Crippen LogP contribution in [0.4, 0.5) is 5.69 Å². The van der Waals surface area contributed by atoms with E-state index in [-0.39, 0.29) is 24.6 Å². The van der Waals surface area contributed by atoms with Gasteiger partial charge in [0, 0.05) is 22.9 Å². The van der Waals surface area contributed by atoms with Gasteiger partial charge in [0.15, 0.2) is 11.5 Å². The van der Waals surface area contributed by atoms with Crippen molar-refractivity contribution in [2.45, 2.75) is 26.8 Å². The molecule has 0 saturated heterocycles. The van der Waals surface area contributed by atoms with Gasteiger partial charge >= 0.3 is 0 Å². The minimum Gasteiger partial charge on any atom is -0.454 e. The van der Waals surface area contributed by atoms with Gasteiger partial charge in [0.1, 0.15) is 0 Å². The lowest BCUT2D eigenvalue weighted by Crippen LogP contribution is -2.30. The van der Waals surface area contributed by atoms with E-state index in [0.29, 0.717) is 33.3 Å². The third kappa shape index (κ3) is 3.75. The van der Waals surface area contributed by atoms with Gasteiger partial charge in [-0.15, -0.1) is 0 Å². The summed E-state index contributed by atoms with van der Waals surface area (Å²) in [5.74, 6) is 0.413. The van der Waals surface area contributed by atoms with Crippen LogP contribution in [0, 0.1) is 6.92 Å². The Morgan fingerprint density at radius 2 is 1.85 bits per heavy atom. The van der Waals surface area contributed by atoms with E-state index in [1.165, 1.54) is 6.07 Å². The van der Waals surface area contributed by atoms with Crippen LogP contribution in [0.5, 0.6) is 11.5 Å². The first-order valence-corrected chi connectivity index (χ1v) is 8.55. The summed E-state index contributed by atoms with van der Waals surface area (Å²) < 4.78 is 10.5. The Bertz CT molecular complexity index is 880. The molecule has 1 aliphatic rings. The van der Waals surface area contributed by atoms with E-state index in [0.717, 1.165) is 5.56 Å². The van der Waals surface area contributed by atoms with Crippen LogP contribution in [0.3, 0.4) is 0 Å². The summed E-state index contributed by atoms with van der Waals surface area (Å²) in [6, 6.07) is 8.29. The summed E-state index contributed by atoms with van der Waals surface area (Å²) in [5, 5.41) is 5.98. The molecular weight excluding hydrogens is 356 g/mol. The van der Waals surface area contributed by atoms with Crippen molar-refractivity contribution in [3.05, 3.63) is 52.0 Å². The number of carbonyl (C=O) groups is 2. The maximum Gasteiger partial charge on any atom is 0.255 e. The van der Waals surface area contributed by atoms with Crippen molar-refractivity contribution in [2.24, 2.45) is 0 Å². The van der Waals surface area contributed by atoms with Crippen LogP contribution in [0.2, 0.25) is 5.02 Å². The highest BCUT2D eigenvalue weighted by Gasteiger charge is 2.21. The van der Waals surface area contributed by atoms with Crippen molar-refractivity contribution in [3.8, 4) is 11.5 Å². The molecule has 2 aromatic rings. The minimum atomic E-state index is -0.326. The summed E-state index contributed by atoms with van der Waals surface area (Å²) in [5.41, 5.74) is 2.30. The second-order valence-electron chi connectivity index (χ2n) is 6.30. The standard InChI is InChI=1S/C19H19ClN2O4/c1-10(2)21-18(23)12-4-5-15(11(3)6-12)22-19(24)13-7-14(20)17-16(8-13)25-9-26-17/h4-8,10H,9H2,1-3H3,(H,21,23)(H,22,24). The Morgan fingerprint density at radius 3 is 2.54 bits per heavy atom. The first-order valence-electron chi connectivity index (χ1n) is 8.17. The average Bonchev–Trinajstić information content (AvgIpc) is 3.05. The molecule has 26 heavy (non-hydrogen) atoms. The van der Waals surface area contributed by atoms with Crippen molar-refractivity contribution in [1.29, 1.82) is 0 Å². The molecule has 1 heterocycles. The summed E-state index contributed by atoms with van der Waals surface area (Å²) >= 11 is 6.12. The Morgan fingerprint density at radius 1 is 1.08 bits per heavy atom. The Kier molecular flexibility index (Phi) is 5.04. The second-order valence-corrected chi connectivity index (χ2v) is 6.71. The van der Waals surface area contributed by atoms with Crippen LogP contribution in [-0.4, -0.2) is 24.6 Å². The van der Waals surface area contributed by atoms with Crippen molar-refractivity contribution >= 4 is 29.1 Å². The monoisotopic (exact) mass is 374 g/mol. The largest absolute Gasteiger partial charge is 0.454 e. The predicted octanol–water partition coefficient (Wildman–Crippen LogP) is 3.77. The van der Waals surface area contributed by atoms with Crippen LogP contribution in [0.1, 0.15) is 40.1 Å². The third-order valence-electron chi connectivity index (χ3n) is 3.85. The molecule has 0 aromatic heterocycles. The topological polar surface area (TPSA) is 76.7 Å². The first kappa shape index (κ1) is 18.1. The number of anilines is 1. The molecule has 2 amide bonds. The number of ether oxygens (including phenoxy) is 2. The van der Waals surface area contributed by atoms with Crippen molar-refractivity contribution < 1.29 is 19.1 Å². The van der Waals surface area contributed by atoms with E-state index in [1.807, 2.05) is 20.8 Å². The number of halogens is 1. The molecule has 136 valence electrons. The van der Waals surface area contributed by atoms with Crippen molar-refractivity contribution in [1.82, 2.24) is 5.32 Å². The van der Waals surface area contributed by atoms with Gasteiger partial charge in [-0.25, -0.2) is 0 Å². The fourth-order valence-corrected chi connectivity index (χ4v) is 2.85. The number of amides is 2. The average molecular weight is 375 g/mol. The molecule has 0 unspecified atom stereocenters. The molecule has 7 heteroatoms. The molecule has 2 aromatic carbocycles. The molecule has 0 fully saturated rings. The van der Waals surface area contributed by atoms with Gasteiger partial charge in [0.05, 0.1) is 5.02 Å². The molecule has 0 bridgehead atoms. The molecule has 3 rings (SSSR count). The number of benzene rings is 2. The Balaban J connectivity index is 1.78. The highest BCUT2D eigenvalue weighted by atomic mass is 35.5. The van der Waals surface area contributed by atoms with Gasteiger partial charge in [0.2, 0.25) is 6.79 Å². The van der Waals surface area contributed by atoms with E-state index >= 15 is 0 Å².